The lowest BCUT2D eigenvalue weighted by atomic mass is 10.3. The molecule has 0 bridgehead atoms. The van der Waals surface area contributed by atoms with E-state index in [9.17, 15) is 8.42 Å². The van der Waals surface area contributed by atoms with E-state index in [-0.39, 0.29) is 27.2 Å². The van der Waals surface area contributed by atoms with Crippen molar-refractivity contribution in [1.29, 1.82) is 0 Å². The summed E-state index contributed by atoms with van der Waals surface area (Å²) in [6, 6.07) is 2.84. The van der Waals surface area contributed by atoms with Gasteiger partial charge in [-0.05, 0) is 28.1 Å². The third kappa shape index (κ3) is 3.86. The van der Waals surface area contributed by atoms with Gasteiger partial charge in [0.25, 0.3) is 0 Å². The van der Waals surface area contributed by atoms with Gasteiger partial charge in [0.2, 0.25) is 10.0 Å². The fourth-order valence-corrected chi connectivity index (χ4v) is 3.74. The minimum atomic E-state index is -3.78. The van der Waals surface area contributed by atoms with Gasteiger partial charge < -0.3 is 4.74 Å². The standard InChI is InChI=1S/C10H10BrCl2NO3S/c1-6(12)5-14-18(15,16)9-4-7(13)3-8(11)10(9)17-2/h3-4,14H,1,5H2,2H3. The first kappa shape index (κ1) is 15.8. The summed E-state index contributed by atoms with van der Waals surface area (Å²) < 4.78 is 31.9. The minimum absolute atomic E-state index is 0.0673. The molecule has 1 aromatic carbocycles. The number of methoxy groups -OCH3 is 1. The molecule has 0 aliphatic rings. The fourth-order valence-electron chi connectivity index (χ4n) is 1.19. The second-order valence-electron chi connectivity index (χ2n) is 3.26. The Labute approximate surface area is 124 Å². The molecule has 0 saturated carbocycles. The maximum atomic E-state index is 12.1. The van der Waals surface area contributed by atoms with Crippen LogP contribution in [0.5, 0.6) is 5.75 Å². The first-order valence-electron chi connectivity index (χ1n) is 4.64. The molecular formula is C10H10BrCl2NO3S. The normalized spacial score (nSPS) is 11.3. The Kier molecular flexibility index (Phi) is 5.48. The van der Waals surface area contributed by atoms with Gasteiger partial charge in [-0.2, -0.15) is 0 Å². The van der Waals surface area contributed by atoms with E-state index in [1.54, 1.807) is 6.07 Å². The zero-order chi connectivity index (χ0) is 13.9. The maximum Gasteiger partial charge on any atom is 0.244 e. The van der Waals surface area contributed by atoms with Crippen LogP contribution in [0.25, 0.3) is 0 Å². The molecule has 1 N–H and O–H groups in total. The first-order chi connectivity index (χ1) is 8.27. The molecule has 0 atom stereocenters. The first-order valence-corrected chi connectivity index (χ1v) is 7.67. The Morgan fingerprint density at radius 2 is 2.17 bits per heavy atom. The quantitative estimate of drug-likeness (QED) is 0.861. The highest BCUT2D eigenvalue weighted by Crippen LogP contribution is 2.35. The van der Waals surface area contributed by atoms with Gasteiger partial charge >= 0.3 is 0 Å². The Hall–Kier alpha value is -0.270. The zero-order valence-electron chi connectivity index (χ0n) is 9.34. The highest BCUT2D eigenvalue weighted by Gasteiger charge is 2.22. The number of hydrogen-bond acceptors (Lipinski definition) is 3. The van der Waals surface area contributed by atoms with Crippen molar-refractivity contribution >= 4 is 49.2 Å². The zero-order valence-corrected chi connectivity index (χ0v) is 13.3. The molecule has 0 aliphatic heterocycles. The summed E-state index contributed by atoms with van der Waals surface area (Å²) in [4.78, 5) is -0.0673. The van der Waals surface area contributed by atoms with Crippen molar-refractivity contribution in [2.24, 2.45) is 0 Å². The summed E-state index contributed by atoms with van der Waals surface area (Å²) in [6.07, 6.45) is 0. The van der Waals surface area contributed by atoms with Crippen LogP contribution in [0.3, 0.4) is 0 Å². The van der Waals surface area contributed by atoms with Crippen molar-refractivity contribution in [3.63, 3.8) is 0 Å². The van der Waals surface area contributed by atoms with Crippen LogP contribution < -0.4 is 9.46 Å². The monoisotopic (exact) mass is 373 g/mol. The molecule has 100 valence electrons. The van der Waals surface area contributed by atoms with E-state index in [0.717, 1.165) is 0 Å². The molecule has 0 amide bonds. The van der Waals surface area contributed by atoms with E-state index in [1.807, 2.05) is 0 Å². The molecule has 4 nitrogen and oxygen atoms in total. The second-order valence-corrected chi connectivity index (χ2v) is 6.82. The smallest absolute Gasteiger partial charge is 0.244 e. The Bertz CT molecular complexity index is 575. The Balaban J connectivity index is 3.27. The summed E-state index contributed by atoms with van der Waals surface area (Å²) in [7, 11) is -2.41. The summed E-state index contributed by atoms with van der Waals surface area (Å²) in [5, 5.41) is 0.450. The molecule has 0 aromatic heterocycles. The van der Waals surface area contributed by atoms with Gasteiger partial charge in [0.1, 0.15) is 4.90 Å². The summed E-state index contributed by atoms with van der Waals surface area (Å²) >= 11 is 14.5. The van der Waals surface area contributed by atoms with Crippen molar-refractivity contribution in [1.82, 2.24) is 4.72 Å². The van der Waals surface area contributed by atoms with Gasteiger partial charge in [0.05, 0.1) is 11.6 Å². The number of halogens is 3. The largest absolute Gasteiger partial charge is 0.494 e. The van der Waals surface area contributed by atoms with Crippen molar-refractivity contribution in [2.45, 2.75) is 4.90 Å². The molecule has 0 saturated heterocycles. The predicted molar refractivity (Wildman–Crippen MR) is 75.9 cm³/mol. The lowest BCUT2D eigenvalue weighted by Crippen LogP contribution is -2.25. The van der Waals surface area contributed by atoms with Crippen molar-refractivity contribution in [2.75, 3.05) is 13.7 Å². The molecule has 8 heteroatoms. The predicted octanol–water partition coefficient (Wildman–Crippen LogP) is 3.14. The summed E-state index contributed by atoms with van der Waals surface area (Å²) in [5.74, 6) is 0.173. The highest BCUT2D eigenvalue weighted by molar-refractivity contribution is 9.10. The van der Waals surface area contributed by atoms with Crippen LogP contribution in [0, 0.1) is 0 Å². The number of nitrogens with one attached hydrogen (secondary N) is 1. The molecule has 0 radical (unpaired) electrons. The van der Waals surface area contributed by atoms with Gasteiger partial charge in [-0.1, -0.05) is 29.8 Å². The van der Waals surface area contributed by atoms with Gasteiger partial charge in [-0.25, -0.2) is 13.1 Å². The third-order valence-electron chi connectivity index (χ3n) is 1.92. The molecule has 0 spiro atoms. The number of benzene rings is 1. The van der Waals surface area contributed by atoms with Crippen molar-refractivity contribution in [3.8, 4) is 5.75 Å². The topological polar surface area (TPSA) is 55.4 Å². The Morgan fingerprint density at radius 3 is 2.67 bits per heavy atom. The SMILES string of the molecule is C=C(Cl)CNS(=O)(=O)c1cc(Cl)cc(Br)c1OC. The minimum Gasteiger partial charge on any atom is -0.494 e. The van der Waals surface area contributed by atoms with E-state index in [1.165, 1.54) is 13.2 Å². The average molecular weight is 375 g/mol. The van der Waals surface area contributed by atoms with E-state index in [0.29, 0.717) is 4.47 Å². The number of hydrogen-bond donors (Lipinski definition) is 1. The van der Waals surface area contributed by atoms with Gasteiger partial charge in [-0.3, -0.25) is 0 Å². The van der Waals surface area contributed by atoms with Crippen LogP contribution in [0.2, 0.25) is 5.02 Å². The molecular weight excluding hydrogens is 365 g/mol. The van der Waals surface area contributed by atoms with Crippen molar-refractivity contribution < 1.29 is 13.2 Å². The lowest BCUT2D eigenvalue weighted by molar-refractivity contribution is 0.399. The number of rotatable bonds is 5. The van der Waals surface area contributed by atoms with E-state index in [4.69, 9.17) is 27.9 Å². The van der Waals surface area contributed by atoms with Gasteiger partial charge in [-0.15, -0.1) is 0 Å². The lowest BCUT2D eigenvalue weighted by Gasteiger charge is -2.12. The number of ether oxygens (including phenoxy) is 1. The van der Waals surface area contributed by atoms with Crippen LogP contribution in [0.4, 0.5) is 0 Å². The molecule has 18 heavy (non-hydrogen) atoms. The fraction of sp³-hybridized carbons (Fsp3) is 0.200. The van der Waals surface area contributed by atoms with Crippen LogP contribution >= 0.6 is 39.1 Å². The third-order valence-corrected chi connectivity index (χ3v) is 4.27. The second kappa shape index (κ2) is 6.25. The molecule has 0 fully saturated rings. The van der Waals surface area contributed by atoms with Gasteiger partial charge in [0.15, 0.2) is 5.75 Å². The van der Waals surface area contributed by atoms with Gasteiger partial charge in [0, 0.05) is 16.6 Å². The van der Waals surface area contributed by atoms with Crippen LogP contribution in [-0.2, 0) is 10.0 Å². The molecule has 0 aliphatic carbocycles. The van der Waals surface area contributed by atoms with E-state index in [2.05, 4.69) is 27.2 Å². The average Bonchev–Trinajstić information content (AvgIpc) is 2.25. The molecule has 0 unspecified atom stereocenters. The molecule has 1 aromatic rings. The maximum absolute atomic E-state index is 12.1. The van der Waals surface area contributed by atoms with Crippen molar-refractivity contribution in [3.05, 3.63) is 33.2 Å². The van der Waals surface area contributed by atoms with Crippen LogP contribution in [0.15, 0.2) is 33.1 Å². The van der Waals surface area contributed by atoms with E-state index >= 15 is 0 Å². The number of sulfonamides is 1. The van der Waals surface area contributed by atoms with Crippen LogP contribution in [-0.4, -0.2) is 22.1 Å². The Morgan fingerprint density at radius 1 is 1.56 bits per heavy atom. The molecule has 1 rings (SSSR count). The molecule has 0 heterocycles. The highest BCUT2D eigenvalue weighted by atomic mass is 79.9. The summed E-state index contributed by atoms with van der Waals surface area (Å²) in [6.45, 7) is 3.33. The summed E-state index contributed by atoms with van der Waals surface area (Å²) in [5.41, 5.74) is 0. The van der Waals surface area contributed by atoms with Crippen LogP contribution in [0.1, 0.15) is 0 Å². The van der Waals surface area contributed by atoms with E-state index < -0.39 is 10.0 Å².